The molecule has 1 unspecified atom stereocenters. The van der Waals surface area contributed by atoms with Crippen molar-refractivity contribution in [3.63, 3.8) is 0 Å². The molecule has 1 aromatic heterocycles. The fourth-order valence-corrected chi connectivity index (χ4v) is 4.00. The summed E-state index contributed by atoms with van der Waals surface area (Å²) in [6.07, 6.45) is 3.05. The maximum atomic E-state index is 14.5. The minimum atomic E-state index is -1.15. The Hall–Kier alpha value is -2.82. The minimum Gasteiger partial charge on any atom is -0.352 e. The van der Waals surface area contributed by atoms with Crippen molar-refractivity contribution in [2.24, 2.45) is 4.99 Å². The van der Waals surface area contributed by atoms with Crippen LogP contribution in [0.2, 0.25) is 5.02 Å². The lowest BCUT2D eigenvalue weighted by atomic mass is 10.1. The van der Waals surface area contributed by atoms with Crippen molar-refractivity contribution < 1.29 is 18.4 Å². The topological polar surface area (TPSA) is 88.6 Å². The van der Waals surface area contributed by atoms with Gasteiger partial charge < -0.3 is 15.2 Å². The highest BCUT2D eigenvalue weighted by atomic mass is 35.5. The SMILES string of the molecule is CN1CCCCC(Nc2nc3c(F)c(F)cc(C(=Nc4ccc(F)c(Cl)c4)NO)c3[nH]2)C1. The van der Waals surface area contributed by atoms with Crippen LogP contribution in [0.5, 0.6) is 0 Å². The van der Waals surface area contributed by atoms with Crippen molar-refractivity contribution >= 4 is 40.1 Å². The molecule has 0 radical (unpaired) electrons. The molecule has 7 nitrogen and oxygen atoms in total. The van der Waals surface area contributed by atoms with Crippen LogP contribution in [0.3, 0.4) is 0 Å². The Bertz CT molecular complexity index is 1170. The average Bonchev–Trinajstić information content (AvgIpc) is 3.07. The molecule has 170 valence electrons. The van der Waals surface area contributed by atoms with Crippen LogP contribution in [-0.4, -0.2) is 52.1 Å². The molecule has 32 heavy (non-hydrogen) atoms. The molecular weight excluding hydrogens is 445 g/mol. The first kappa shape index (κ1) is 22.4. The number of amidine groups is 1. The summed E-state index contributed by atoms with van der Waals surface area (Å²) in [6.45, 7) is 1.79. The van der Waals surface area contributed by atoms with Crippen LogP contribution in [0, 0.1) is 17.5 Å². The third-order valence-corrected chi connectivity index (χ3v) is 5.67. The Labute approximate surface area is 187 Å². The number of hydrogen-bond donors (Lipinski definition) is 4. The Kier molecular flexibility index (Phi) is 6.54. The van der Waals surface area contributed by atoms with Gasteiger partial charge in [-0.3, -0.25) is 10.7 Å². The molecule has 2 aromatic carbocycles. The van der Waals surface area contributed by atoms with E-state index in [0.29, 0.717) is 0 Å². The predicted octanol–water partition coefficient (Wildman–Crippen LogP) is 4.59. The monoisotopic (exact) mass is 466 g/mol. The highest BCUT2D eigenvalue weighted by Crippen LogP contribution is 2.27. The largest absolute Gasteiger partial charge is 0.352 e. The van der Waals surface area contributed by atoms with Gasteiger partial charge in [-0.05, 0) is 50.7 Å². The van der Waals surface area contributed by atoms with Crippen molar-refractivity contribution in [3.8, 4) is 0 Å². The fourth-order valence-electron chi connectivity index (χ4n) is 3.83. The number of H-pyrrole nitrogens is 1. The number of likely N-dealkylation sites (N-methyl/N-ethyl adjacent to an activating group) is 1. The summed E-state index contributed by atoms with van der Waals surface area (Å²) in [5.41, 5.74) is 2.04. The van der Waals surface area contributed by atoms with Crippen LogP contribution in [0.4, 0.5) is 24.8 Å². The highest BCUT2D eigenvalue weighted by molar-refractivity contribution is 6.31. The number of aliphatic imine (C=N–C) groups is 1. The van der Waals surface area contributed by atoms with Gasteiger partial charge in [0.2, 0.25) is 5.95 Å². The molecule has 0 bridgehead atoms. The van der Waals surface area contributed by atoms with E-state index in [9.17, 15) is 18.4 Å². The van der Waals surface area contributed by atoms with Gasteiger partial charge >= 0.3 is 0 Å². The summed E-state index contributed by atoms with van der Waals surface area (Å²) in [7, 11) is 2.03. The summed E-state index contributed by atoms with van der Waals surface area (Å²) in [5.74, 6) is -2.81. The maximum Gasteiger partial charge on any atom is 0.201 e. The first-order valence-electron chi connectivity index (χ1n) is 10.1. The summed E-state index contributed by atoms with van der Waals surface area (Å²) >= 11 is 5.78. The second-order valence-corrected chi connectivity index (χ2v) is 8.21. The number of rotatable bonds is 4. The van der Waals surface area contributed by atoms with E-state index >= 15 is 0 Å². The molecule has 1 aliphatic heterocycles. The lowest BCUT2D eigenvalue weighted by Gasteiger charge is -2.20. The number of hydrogen-bond acceptors (Lipinski definition) is 5. The number of fused-ring (bicyclic) bond motifs is 1. The van der Waals surface area contributed by atoms with Gasteiger partial charge in [0, 0.05) is 18.2 Å². The molecule has 4 N–H and O–H groups in total. The number of anilines is 1. The Morgan fingerprint density at radius 1 is 1.25 bits per heavy atom. The molecule has 0 spiro atoms. The van der Waals surface area contributed by atoms with Crippen LogP contribution in [-0.2, 0) is 0 Å². The minimum absolute atomic E-state index is 0.0420. The van der Waals surface area contributed by atoms with Gasteiger partial charge in [-0.25, -0.2) is 23.1 Å². The van der Waals surface area contributed by atoms with Crippen LogP contribution in [0.1, 0.15) is 24.8 Å². The van der Waals surface area contributed by atoms with Crippen LogP contribution < -0.4 is 10.8 Å². The Morgan fingerprint density at radius 3 is 2.81 bits per heavy atom. The maximum absolute atomic E-state index is 14.5. The standard InChI is InChI=1S/C21H22ClF3N6O/c1-31-7-3-2-4-12(10-31)27-21-28-18-13(9-16(24)17(25)19(18)29-21)20(30-32)26-11-5-6-15(23)14(22)8-11/h5-6,8-9,12,32H,2-4,7,10H2,1H3,(H,26,30)(H2,27,28,29). The molecule has 2 heterocycles. The van der Waals surface area contributed by atoms with Crippen LogP contribution >= 0.6 is 11.6 Å². The van der Waals surface area contributed by atoms with E-state index < -0.39 is 17.5 Å². The molecule has 1 saturated heterocycles. The molecule has 4 rings (SSSR count). The zero-order valence-corrected chi connectivity index (χ0v) is 18.0. The Morgan fingerprint density at radius 2 is 2.06 bits per heavy atom. The fraction of sp³-hybridized carbons (Fsp3) is 0.333. The van der Waals surface area contributed by atoms with Gasteiger partial charge in [0.25, 0.3) is 0 Å². The van der Waals surface area contributed by atoms with Gasteiger partial charge in [0.1, 0.15) is 11.3 Å². The summed E-state index contributed by atoms with van der Waals surface area (Å²) in [4.78, 5) is 13.5. The molecule has 1 fully saturated rings. The molecule has 0 saturated carbocycles. The van der Waals surface area contributed by atoms with Gasteiger partial charge in [-0.1, -0.05) is 18.0 Å². The van der Waals surface area contributed by atoms with E-state index in [1.807, 2.05) is 12.5 Å². The van der Waals surface area contributed by atoms with E-state index in [4.69, 9.17) is 11.6 Å². The van der Waals surface area contributed by atoms with E-state index in [1.165, 1.54) is 12.1 Å². The van der Waals surface area contributed by atoms with E-state index in [1.54, 1.807) is 0 Å². The summed E-state index contributed by atoms with van der Waals surface area (Å²) in [6, 6.07) is 4.67. The molecule has 11 heteroatoms. The lowest BCUT2D eigenvalue weighted by molar-refractivity contribution is 0.235. The second-order valence-electron chi connectivity index (χ2n) is 7.80. The number of nitrogens with one attached hydrogen (secondary N) is 3. The first-order valence-corrected chi connectivity index (χ1v) is 10.5. The first-order chi connectivity index (χ1) is 15.4. The van der Waals surface area contributed by atoms with Crippen LogP contribution in [0.25, 0.3) is 11.0 Å². The average molecular weight is 467 g/mol. The van der Waals surface area contributed by atoms with Crippen molar-refractivity contribution in [1.29, 1.82) is 0 Å². The molecule has 0 amide bonds. The number of nitrogens with zero attached hydrogens (tertiary/aromatic N) is 3. The molecule has 1 atom stereocenters. The third-order valence-electron chi connectivity index (χ3n) is 5.38. The molecule has 3 aromatic rings. The van der Waals surface area contributed by atoms with Gasteiger partial charge in [0.15, 0.2) is 17.5 Å². The summed E-state index contributed by atoms with van der Waals surface area (Å²) in [5, 5.41) is 12.7. The quantitative estimate of drug-likeness (QED) is 0.257. The van der Waals surface area contributed by atoms with Crippen molar-refractivity contribution in [1.82, 2.24) is 20.3 Å². The van der Waals surface area contributed by atoms with E-state index in [0.717, 1.165) is 44.5 Å². The predicted molar refractivity (Wildman–Crippen MR) is 117 cm³/mol. The van der Waals surface area contributed by atoms with Gasteiger partial charge in [-0.15, -0.1) is 0 Å². The van der Waals surface area contributed by atoms with Gasteiger partial charge in [-0.2, -0.15) is 0 Å². The van der Waals surface area contributed by atoms with Crippen LogP contribution in [0.15, 0.2) is 29.3 Å². The number of hydroxylamine groups is 1. The summed E-state index contributed by atoms with van der Waals surface area (Å²) < 4.78 is 42.3. The lowest BCUT2D eigenvalue weighted by Crippen LogP contribution is -2.32. The third kappa shape index (κ3) is 4.67. The molecular formula is C21H22ClF3N6O. The van der Waals surface area contributed by atoms with E-state index in [2.05, 4.69) is 25.2 Å². The van der Waals surface area contributed by atoms with Crippen molar-refractivity contribution in [2.45, 2.75) is 25.3 Å². The normalized spacial score (nSPS) is 18.1. The zero-order chi connectivity index (χ0) is 22.8. The number of aromatic nitrogens is 2. The number of imidazole rings is 1. The number of benzene rings is 2. The van der Waals surface area contributed by atoms with Crippen molar-refractivity contribution in [2.75, 3.05) is 25.5 Å². The number of likely N-dealkylation sites (tertiary alicyclic amines) is 1. The zero-order valence-electron chi connectivity index (χ0n) is 17.2. The molecule has 1 aliphatic rings. The Balaban J connectivity index is 1.74. The van der Waals surface area contributed by atoms with Crippen molar-refractivity contribution in [3.05, 3.63) is 52.3 Å². The van der Waals surface area contributed by atoms with Gasteiger partial charge in [0.05, 0.1) is 16.2 Å². The number of halogens is 4. The number of aromatic amines is 1. The van der Waals surface area contributed by atoms with E-state index in [-0.39, 0.29) is 45.1 Å². The highest BCUT2D eigenvalue weighted by Gasteiger charge is 2.22. The molecule has 0 aliphatic carbocycles. The second kappa shape index (κ2) is 9.35. The smallest absolute Gasteiger partial charge is 0.201 e.